The third kappa shape index (κ3) is 2.18. The van der Waals surface area contributed by atoms with Gasteiger partial charge in [-0.3, -0.25) is 0 Å². The smallest absolute Gasteiger partial charge is 0.127 e. The molecule has 2 rings (SSSR count). The van der Waals surface area contributed by atoms with Crippen molar-refractivity contribution in [2.45, 2.75) is 39.2 Å². The summed E-state index contributed by atoms with van der Waals surface area (Å²) in [5.74, 6) is 0.967. The summed E-state index contributed by atoms with van der Waals surface area (Å²) in [7, 11) is 0. The van der Waals surface area contributed by atoms with Gasteiger partial charge in [0.2, 0.25) is 0 Å². The molecule has 0 aromatic heterocycles. The van der Waals surface area contributed by atoms with Gasteiger partial charge >= 0.3 is 0 Å². The van der Waals surface area contributed by atoms with Gasteiger partial charge in [-0.2, -0.15) is 0 Å². The zero-order valence-electron chi connectivity index (χ0n) is 10.1. The van der Waals surface area contributed by atoms with Gasteiger partial charge in [-0.05, 0) is 38.3 Å². The van der Waals surface area contributed by atoms with Gasteiger partial charge < -0.3 is 10.5 Å². The Labute approximate surface area is 102 Å². The number of halogens is 1. The van der Waals surface area contributed by atoms with Crippen molar-refractivity contribution >= 4 is 11.6 Å². The Hall–Kier alpha value is -0.730. The van der Waals surface area contributed by atoms with Crippen molar-refractivity contribution in [2.75, 3.05) is 6.61 Å². The van der Waals surface area contributed by atoms with E-state index in [0.717, 1.165) is 41.3 Å². The number of rotatable bonds is 2. The summed E-state index contributed by atoms with van der Waals surface area (Å²) < 4.78 is 5.67. The Kier molecular flexibility index (Phi) is 2.89. The van der Waals surface area contributed by atoms with Gasteiger partial charge in [0.1, 0.15) is 5.75 Å². The summed E-state index contributed by atoms with van der Waals surface area (Å²) in [6, 6.07) is 2.10. The van der Waals surface area contributed by atoms with E-state index in [4.69, 9.17) is 22.1 Å². The van der Waals surface area contributed by atoms with E-state index in [9.17, 15) is 0 Å². The van der Waals surface area contributed by atoms with Crippen molar-refractivity contribution in [2.24, 2.45) is 5.73 Å². The summed E-state index contributed by atoms with van der Waals surface area (Å²) in [5, 5.41) is 0.853. The van der Waals surface area contributed by atoms with Gasteiger partial charge in [-0.1, -0.05) is 17.7 Å². The van der Waals surface area contributed by atoms with Crippen LogP contribution in [0.2, 0.25) is 5.02 Å². The lowest BCUT2D eigenvalue weighted by atomic mass is 9.93. The second-order valence-corrected chi connectivity index (χ2v) is 5.62. The van der Waals surface area contributed by atoms with E-state index < -0.39 is 0 Å². The van der Waals surface area contributed by atoms with Crippen LogP contribution in [0.25, 0.3) is 0 Å². The fourth-order valence-electron chi connectivity index (χ4n) is 2.20. The van der Waals surface area contributed by atoms with Crippen LogP contribution in [-0.4, -0.2) is 12.1 Å². The molecule has 0 amide bonds. The summed E-state index contributed by atoms with van der Waals surface area (Å²) in [5.41, 5.74) is 9.29. The van der Waals surface area contributed by atoms with Crippen molar-refractivity contribution in [1.29, 1.82) is 0 Å². The zero-order chi connectivity index (χ0) is 11.9. The molecule has 1 aromatic rings. The van der Waals surface area contributed by atoms with Crippen LogP contribution in [0.1, 0.15) is 30.5 Å². The highest BCUT2D eigenvalue weighted by atomic mass is 35.5. The molecule has 88 valence electrons. The predicted molar refractivity (Wildman–Crippen MR) is 67.4 cm³/mol. The summed E-state index contributed by atoms with van der Waals surface area (Å²) in [6.07, 6.45) is 1.72. The summed E-state index contributed by atoms with van der Waals surface area (Å²) in [6.45, 7) is 6.82. The fraction of sp³-hybridized carbons (Fsp3) is 0.538. The van der Waals surface area contributed by atoms with Crippen LogP contribution < -0.4 is 10.5 Å². The minimum atomic E-state index is -0.222. The van der Waals surface area contributed by atoms with E-state index in [1.807, 2.05) is 20.8 Å². The third-order valence-electron chi connectivity index (χ3n) is 2.81. The van der Waals surface area contributed by atoms with Crippen molar-refractivity contribution in [1.82, 2.24) is 0 Å². The molecule has 16 heavy (non-hydrogen) atoms. The number of aryl methyl sites for hydroxylation is 1. The lowest BCUT2D eigenvalue weighted by Crippen LogP contribution is -2.34. The molecule has 0 unspecified atom stereocenters. The van der Waals surface area contributed by atoms with Gasteiger partial charge in [-0.15, -0.1) is 0 Å². The lowest BCUT2D eigenvalue weighted by Gasteiger charge is -2.21. The number of nitrogens with two attached hydrogens (primary N) is 1. The van der Waals surface area contributed by atoms with E-state index in [0.29, 0.717) is 0 Å². The minimum absolute atomic E-state index is 0.222. The maximum absolute atomic E-state index is 6.27. The maximum atomic E-state index is 6.27. The second-order valence-electron chi connectivity index (χ2n) is 5.24. The first kappa shape index (κ1) is 11.7. The largest absolute Gasteiger partial charge is 0.493 e. The van der Waals surface area contributed by atoms with Crippen molar-refractivity contribution in [3.63, 3.8) is 0 Å². The number of benzene rings is 1. The normalized spacial score (nSPS) is 14.8. The van der Waals surface area contributed by atoms with Crippen LogP contribution in [-0.2, 0) is 12.8 Å². The molecule has 3 heteroatoms. The molecule has 1 heterocycles. The summed E-state index contributed by atoms with van der Waals surface area (Å²) in [4.78, 5) is 0. The topological polar surface area (TPSA) is 35.2 Å². The Morgan fingerprint density at radius 2 is 2.19 bits per heavy atom. The lowest BCUT2D eigenvalue weighted by molar-refractivity contribution is 0.350. The minimum Gasteiger partial charge on any atom is -0.493 e. The highest BCUT2D eigenvalue weighted by Crippen LogP contribution is 2.38. The van der Waals surface area contributed by atoms with Crippen LogP contribution in [0.15, 0.2) is 6.07 Å². The molecule has 0 fully saturated rings. The average molecular weight is 240 g/mol. The maximum Gasteiger partial charge on any atom is 0.127 e. The van der Waals surface area contributed by atoms with E-state index in [-0.39, 0.29) is 5.54 Å². The van der Waals surface area contributed by atoms with Gasteiger partial charge in [0, 0.05) is 17.5 Å². The molecule has 1 aliphatic heterocycles. The summed E-state index contributed by atoms with van der Waals surface area (Å²) >= 11 is 6.27. The molecule has 0 saturated carbocycles. The highest BCUT2D eigenvalue weighted by molar-refractivity contribution is 6.32. The first-order valence-electron chi connectivity index (χ1n) is 5.61. The van der Waals surface area contributed by atoms with Crippen molar-refractivity contribution in [3.05, 3.63) is 27.8 Å². The van der Waals surface area contributed by atoms with E-state index in [2.05, 4.69) is 6.07 Å². The SMILES string of the molecule is Cc1cc(CC(C)(C)N)c2c(c1Cl)CCO2. The number of hydrogen-bond donors (Lipinski definition) is 1. The molecular weight excluding hydrogens is 222 g/mol. The highest BCUT2D eigenvalue weighted by Gasteiger charge is 2.24. The first-order valence-corrected chi connectivity index (χ1v) is 5.99. The van der Waals surface area contributed by atoms with Crippen LogP contribution in [0.3, 0.4) is 0 Å². The standard InChI is InChI=1S/C13H18ClNO/c1-8-6-9(7-13(2,3)15)12-10(11(8)14)4-5-16-12/h6H,4-5,7,15H2,1-3H3. The van der Waals surface area contributed by atoms with E-state index in [1.165, 1.54) is 5.56 Å². The van der Waals surface area contributed by atoms with Crippen molar-refractivity contribution < 1.29 is 4.74 Å². The molecule has 1 aromatic carbocycles. The zero-order valence-corrected chi connectivity index (χ0v) is 10.8. The average Bonchev–Trinajstić information content (AvgIpc) is 2.60. The van der Waals surface area contributed by atoms with Crippen LogP contribution in [0.5, 0.6) is 5.75 Å². The Balaban J connectivity index is 2.47. The van der Waals surface area contributed by atoms with Crippen LogP contribution in [0.4, 0.5) is 0 Å². The van der Waals surface area contributed by atoms with Gasteiger partial charge in [0.25, 0.3) is 0 Å². The van der Waals surface area contributed by atoms with Crippen molar-refractivity contribution in [3.8, 4) is 5.75 Å². The van der Waals surface area contributed by atoms with Crippen LogP contribution in [0, 0.1) is 6.92 Å². The molecule has 2 nitrogen and oxygen atoms in total. The van der Waals surface area contributed by atoms with Crippen LogP contribution >= 0.6 is 11.6 Å². The predicted octanol–water partition coefficient (Wildman–Crippen LogP) is 2.86. The fourth-order valence-corrected chi connectivity index (χ4v) is 2.44. The molecule has 0 spiro atoms. The Morgan fingerprint density at radius 1 is 1.50 bits per heavy atom. The quantitative estimate of drug-likeness (QED) is 0.862. The Bertz CT molecular complexity index is 421. The first-order chi connectivity index (χ1) is 7.38. The molecule has 0 radical (unpaired) electrons. The second kappa shape index (κ2) is 3.94. The van der Waals surface area contributed by atoms with Gasteiger partial charge in [-0.25, -0.2) is 0 Å². The monoisotopic (exact) mass is 239 g/mol. The molecule has 0 bridgehead atoms. The molecular formula is C13H18ClNO. The molecule has 0 saturated heterocycles. The van der Waals surface area contributed by atoms with E-state index in [1.54, 1.807) is 0 Å². The molecule has 2 N–H and O–H groups in total. The third-order valence-corrected chi connectivity index (χ3v) is 3.34. The molecule has 0 atom stereocenters. The van der Waals surface area contributed by atoms with Gasteiger partial charge in [0.15, 0.2) is 0 Å². The molecule has 0 aliphatic carbocycles. The van der Waals surface area contributed by atoms with E-state index >= 15 is 0 Å². The molecule has 1 aliphatic rings. The number of ether oxygens (including phenoxy) is 1. The number of hydrogen-bond acceptors (Lipinski definition) is 2. The number of fused-ring (bicyclic) bond motifs is 1. The van der Waals surface area contributed by atoms with Gasteiger partial charge in [0.05, 0.1) is 11.6 Å². The Morgan fingerprint density at radius 3 is 2.81 bits per heavy atom.